The molecule has 0 saturated heterocycles. The molecule has 0 radical (unpaired) electrons. The molecule has 7 rings (SSSR count). The quantitative estimate of drug-likeness (QED) is 0.148. The zero-order chi connectivity index (χ0) is 34.5. The fourth-order valence-electron chi connectivity index (χ4n) is 6.13. The van der Waals surface area contributed by atoms with Gasteiger partial charge in [0.2, 0.25) is 0 Å². The van der Waals surface area contributed by atoms with Crippen molar-refractivity contribution >= 4 is 27.5 Å². The van der Waals surface area contributed by atoms with Crippen molar-refractivity contribution in [2.24, 2.45) is 5.18 Å². The number of hydrogen-bond donors (Lipinski definition) is 1. The van der Waals surface area contributed by atoms with E-state index in [4.69, 9.17) is 9.97 Å². The number of fused-ring (bicyclic) bond motifs is 3. The van der Waals surface area contributed by atoms with Crippen LogP contribution in [-0.4, -0.2) is 25.0 Å². The SMILES string of the molecule is CC(C)(C)c1cc(-c2ccccn2)c(O)c(-c2ccc3ccc4ccc(-c5cc(C(C)(C)C)cc(-c6ccccn6)c5N=O)nc4c3n2)c1. The molecule has 7 nitrogen and oxygen atoms in total. The molecule has 0 unspecified atom stereocenters. The third-order valence-electron chi connectivity index (χ3n) is 9.00. The standard InChI is InChI=1S/C42H37N5O2/c1-41(2,3)27-21-29(33-11-7-9-19-43-33)39(47-49)30(22-27)35-17-15-25-13-14-26-16-18-36(46-38(26)37(25)45-35)32-24-28(42(4,5)6)23-31(40(32)48)34-12-8-10-20-44-34/h7-24,48H,1-6H3. The van der Waals surface area contributed by atoms with Crippen LogP contribution in [0.25, 0.3) is 66.8 Å². The van der Waals surface area contributed by atoms with Gasteiger partial charge in [0.15, 0.2) is 0 Å². The topological polar surface area (TPSA) is 101 Å². The van der Waals surface area contributed by atoms with Crippen LogP contribution in [-0.2, 0) is 10.8 Å². The van der Waals surface area contributed by atoms with Crippen LogP contribution in [0, 0.1) is 4.91 Å². The van der Waals surface area contributed by atoms with Gasteiger partial charge in [0.1, 0.15) is 11.4 Å². The zero-order valence-corrected chi connectivity index (χ0v) is 28.5. The highest BCUT2D eigenvalue weighted by Gasteiger charge is 2.24. The lowest BCUT2D eigenvalue weighted by Gasteiger charge is -2.22. The van der Waals surface area contributed by atoms with E-state index in [0.717, 1.165) is 21.9 Å². The maximum atomic E-state index is 12.5. The molecule has 1 N–H and O–H groups in total. The maximum Gasteiger partial charge on any atom is 0.134 e. The van der Waals surface area contributed by atoms with Gasteiger partial charge in [0, 0.05) is 45.4 Å². The minimum atomic E-state index is -0.211. The summed E-state index contributed by atoms with van der Waals surface area (Å²) < 4.78 is 0. The average molecular weight is 644 g/mol. The normalized spacial score (nSPS) is 12.0. The predicted molar refractivity (Wildman–Crippen MR) is 199 cm³/mol. The molecule has 3 aromatic carbocycles. The lowest BCUT2D eigenvalue weighted by Crippen LogP contribution is -2.11. The van der Waals surface area contributed by atoms with E-state index in [0.29, 0.717) is 61.8 Å². The van der Waals surface area contributed by atoms with Gasteiger partial charge < -0.3 is 5.11 Å². The molecule has 7 heteroatoms. The van der Waals surface area contributed by atoms with Gasteiger partial charge in [-0.2, -0.15) is 0 Å². The van der Waals surface area contributed by atoms with Gasteiger partial charge in [-0.05, 0) is 87.8 Å². The summed E-state index contributed by atoms with van der Waals surface area (Å²) in [5, 5.41) is 17.0. The number of nitroso groups, excluding NO2 is 1. The first kappa shape index (κ1) is 31.8. The van der Waals surface area contributed by atoms with E-state index in [1.54, 1.807) is 12.4 Å². The number of nitrogens with zero attached hydrogens (tertiary/aromatic N) is 5. The molecular formula is C42H37N5O2. The molecule has 0 aliphatic rings. The Morgan fingerprint density at radius 1 is 0.531 bits per heavy atom. The summed E-state index contributed by atoms with van der Waals surface area (Å²) >= 11 is 0. The zero-order valence-electron chi connectivity index (χ0n) is 28.5. The minimum Gasteiger partial charge on any atom is -0.507 e. The Morgan fingerprint density at radius 3 is 1.39 bits per heavy atom. The number of hydrogen-bond acceptors (Lipinski definition) is 7. The van der Waals surface area contributed by atoms with Crippen molar-refractivity contribution in [1.29, 1.82) is 0 Å². The molecule has 0 saturated carbocycles. The summed E-state index contributed by atoms with van der Waals surface area (Å²) in [6.07, 6.45) is 3.44. The first-order valence-electron chi connectivity index (χ1n) is 16.4. The highest BCUT2D eigenvalue weighted by molar-refractivity contribution is 6.04. The largest absolute Gasteiger partial charge is 0.507 e. The average Bonchev–Trinajstić information content (AvgIpc) is 3.10. The van der Waals surface area contributed by atoms with Crippen LogP contribution in [0.2, 0.25) is 0 Å². The number of phenols is 1. The molecule has 49 heavy (non-hydrogen) atoms. The second-order valence-electron chi connectivity index (χ2n) is 14.5. The van der Waals surface area contributed by atoms with Crippen molar-refractivity contribution in [1.82, 2.24) is 19.9 Å². The second kappa shape index (κ2) is 12.0. The molecule has 0 bridgehead atoms. The molecule has 0 aliphatic carbocycles. The fraction of sp³-hybridized carbons (Fsp3) is 0.190. The summed E-state index contributed by atoms with van der Waals surface area (Å²) in [4.78, 5) is 31.9. The molecular weight excluding hydrogens is 606 g/mol. The second-order valence-corrected chi connectivity index (χ2v) is 14.5. The van der Waals surface area contributed by atoms with Gasteiger partial charge >= 0.3 is 0 Å². The highest BCUT2D eigenvalue weighted by atomic mass is 16.3. The van der Waals surface area contributed by atoms with Gasteiger partial charge in [0.25, 0.3) is 0 Å². The first-order valence-corrected chi connectivity index (χ1v) is 16.4. The lowest BCUT2D eigenvalue weighted by molar-refractivity contribution is 0.478. The summed E-state index contributed by atoms with van der Waals surface area (Å²) in [5.41, 5.74) is 8.51. The van der Waals surface area contributed by atoms with Crippen LogP contribution in [0.5, 0.6) is 5.75 Å². The summed E-state index contributed by atoms with van der Waals surface area (Å²) in [5.74, 6) is 0.121. The Kier molecular flexibility index (Phi) is 7.78. The van der Waals surface area contributed by atoms with Gasteiger partial charge in [-0.15, -0.1) is 4.91 Å². The molecule has 4 aromatic heterocycles. The van der Waals surface area contributed by atoms with E-state index >= 15 is 0 Å². The molecule has 4 heterocycles. The van der Waals surface area contributed by atoms with Crippen molar-refractivity contribution in [3.63, 3.8) is 0 Å². The maximum absolute atomic E-state index is 12.5. The van der Waals surface area contributed by atoms with E-state index < -0.39 is 0 Å². The van der Waals surface area contributed by atoms with Gasteiger partial charge in [-0.3, -0.25) is 9.97 Å². The van der Waals surface area contributed by atoms with Crippen LogP contribution >= 0.6 is 0 Å². The molecule has 0 fully saturated rings. The van der Waals surface area contributed by atoms with E-state index in [1.165, 1.54) is 0 Å². The molecule has 7 aromatic rings. The van der Waals surface area contributed by atoms with Gasteiger partial charge in [0.05, 0.1) is 33.8 Å². The van der Waals surface area contributed by atoms with Crippen LogP contribution in [0.15, 0.2) is 115 Å². The Bertz CT molecular complexity index is 2370. The van der Waals surface area contributed by atoms with Crippen LogP contribution in [0.4, 0.5) is 5.69 Å². The minimum absolute atomic E-state index is 0.121. The molecule has 0 amide bonds. The number of benzene rings is 3. The van der Waals surface area contributed by atoms with E-state index in [1.807, 2.05) is 97.1 Å². The van der Waals surface area contributed by atoms with E-state index in [9.17, 15) is 10.0 Å². The molecule has 242 valence electrons. The van der Waals surface area contributed by atoms with Crippen molar-refractivity contribution in [2.75, 3.05) is 0 Å². The number of aromatic hydroxyl groups is 1. The van der Waals surface area contributed by atoms with E-state index in [-0.39, 0.29) is 16.6 Å². The highest BCUT2D eigenvalue weighted by Crippen LogP contribution is 2.44. The summed E-state index contributed by atoms with van der Waals surface area (Å²) in [7, 11) is 0. The van der Waals surface area contributed by atoms with E-state index in [2.05, 4.69) is 56.7 Å². The number of aromatic nitrogens is 4. The van der Waals surface area contributed by atoms with Crippen LogP contribution in [0.1, 0.15) is 52.7 Å². The number of phenolic OH excluding ortho intramolecular Hbond substituents is 1. The van der Waals surface area contributed by atoms with Crippen molar-refractivity contribution in [3.05, 3.63) is 125 Å². The fourth-order valence-corrected chi connectivity index (χ4v) is 6.13. The van der Waals surface area contributed by atoms with Crippen molar-refractivity contribution in [3.8, 4) is 50.8 Å². The third-order valence-corrected chi connectivity index (χ3v) is 9.00. The Morgan fingerprint density at radius 2 is 0.939 bits per heavy atom. The van der Waals surface area contributed by atoms with Crippen LogP contribution < -0.4 is 0 Å². The van der Waals surface area contributed by atoms with Crippen LogP contribution in [0.3, 0.4) is 0 Å². The molecule has 0 atom stereocenters. The Hall–Kier alpha value is -5.82. The molecule has 0 spiro atoms. The summed E-state index contributed by atoms with van der Waals surface area (Å²) in [6, 6.07) is 31.3. The summed E-state index contributed by atoms with van der Waals surface area (Å²) in [6.45, 7) is 12.9. The number of rotatable bonds is 5. The van der Waals surface area contributed by atoms with Crippen molar-refractivity contribution < 1.29 is 5.11 Å². The third kappa shape index (κ3) is 5.93. The molecule has 0 aliphatic heterocycles. The first-order chi connectivity index (χ1) is 23.4. The Labute approximate surface area is 285 Å². The predicted octanol–water partition coefficient (Wildman–Crippen LogP) is 10.9. The smallest absolute Gasteiger partial charge is 0.134 e. The van der Waals surface area contributed by atoms with Gasteiger partial charge in [-0.1, -0.05) is 77.9 Å². The lowest BCUT2D eigenvalue weighted by atomic mass is 9.83. The van der Waals surface area contributed by atoms with Gasteiger partial charge in [-0.25, -0.2) is 9.97 Å². The Balaban J connectivity index is 1.46. The number of pyridine rings is 4. The monoisotopic (exact) mass is 643 g/mol. The van der Waals surface area contributed by atoms with Crippen molar-refractivity contribution in [2.45, 2.75) is 52.4 Å².